The molecule has 5 aromatic rings. The molecular formula is C34H31ClF2N4O5S2. The highest BCUT2D eigenvalue weighted by molar-refractivity contribution is 7.92. The molecule has 0 atom stereocenters. The van der Waals surface area contributed by atoms with Crippen molar-refractivity contribution in [2.75, 3.05) is 22.5 Å². The first-order chi connectivity index (χ1) is 22.9. The first-order valence-electron chi connectivity index (χ1n) is 14.5. The summed E-state index contributed by atoms with van der Waals surface area (Å²) in [6.45, 7) is 2.29. The zero-order valence-electron chi connectivity index (χ0n) is 25.9. The Morgan fingerprint density at radius 2 is 1.77 bits per heavy atom. The van der Waals surface area contributed by atoms with Gasteiger partial charge in [0.1, 0.15) is 28.9 Å². The topological polar surface area (TPSA) is 110 Å². The third-order valence-corrected chi connectivity index (χ3v) is 8.74. The molecule has 0 aliphatic heterocycles. The Morgan fingerprint density at radius 1 is 1.00 bits per heavy atom. The number of halogens is 3. The number of benzene rings is 4. The monoisotopic (exact) mass is 712 g/mol. The molecule has 0 aliphatic carbocycles. The smallest absolute Gasteiger partial charge is 0.258 e. The number of amides is 1. The summed E-state index contributed by atoms with van der Waals surface area (Å²) in [4.78, 5) is 19.0. The van der Waals surface area contributed by atoms with Gasteiger partial charge in [0.2, 0.25) is 10.0 Å². The predicted molar refractivity (Wildman–Crippen MR) is 183 cm³/mol. The van der Waals surface area contributed by atoms with Crippen molar-refractivity contribution in [1.29, 1.82) is 0 Å². The Hall–Kier alpha value is -4.72. The fraction of sp³-hybridized carbons (Fsp3) is 0.176. The quantitative estimate of drug-likeness (QED) is 0.123. The van der Waals surface area contributed by atoms with Gasteiger partial charge in [-0.05, 0) is 60.5 Å². The highest BCUT2D eigenvalue weighted by Gasteiger charge is 2.17. The Kier molecular flexibility index (Phi) is 11.1. The molecule has 0 bridgehead atoms. The lowest BCUT2D eigenvalue weighted by Crippen LogP contribution is -2.28. The highest BCUT2D eigenvalue weighted by atomic mass is 35.5. The van der Waals surface area contributed by atoms with Gasteiger partial charge < -0.3 is 19.7 Å². The van der Waals surface area contributed by atoms with Crippen molar-refractivity contribution in [2.45, 2.75) is 26.6 Å². The van der Waals surface area contributed by atoms with E-state index < -0.39 is 21.7 Å². The molecular weight excluding hydrogens is 682 g/mol. The molecule has 0 saturated carbocycles. The van der Waals surface area contributed by atoms with Gasteiger partial charge in [-0.3, -0.25) is 14.5 Å². The number of hydrogen-bond acceptors (Lipinski definition) is 8. The van der Waals surface area contributed by atoms with E-state index in [2.05, 4.69) is 15.0 Å². The number of sulfonamides is 1. The number of carbonyl (C=O) groups is 1. The summed E-state index contributed by atoms with van der Waals surface area (Å²) in [5.74, 6) is -0.444. The van der Waals surface area contributed by atoms with Crippen molar-refractivity contribution in [2.24, 2.45) is 0 Å². The van der Waals surface area contributed by atoms with Gasteiger partial charge in [-0.2, -0.15) is 0 Å². The number of rotatable bonds is 14. The van der Waals surface area contributed by atoms with Crippen LogP contribution in [0.3, 0.4) is 0 Å². The second-order valence-corrected chi connectivity index (χ2v) is 13.9. The molecule has 14 heteroatoms. The van der Waals surface area contributed by atoms with Gasteiger partial charge in [-0.15, -0.1) is 11.3 Å². The van der Waals surface area contributed by atoms with Crippen LogP contribution in [0.1, 0.15) is 21.6 Å². The molecule has 0 fully saturated rings. The number of nitrogens with one attached hydrogen (secondary N) is 2. The maximum absolute atomic E-state index is 14.7. The molecule has 0 radical (unpaired) electrons. The molecule has 250 valence electrons. The van der Waals surface area contributed by atoms with Gasteiger partial charge in [0.25, 0.3) is 5.91 Å². The number of aromatic nitrogens is 1. The standard InChI is InChI=1S/C34H31ClF2N4O5S2/c1-22-31(40-48(2,43)44)4-3-5-32(22)41(19-24-8-9-25(36)14-30(24)37)18-23-6-10-26(11-7-23)46-27-12-13-29(35)33(15-27)45-20-34(42)39-17-28-16-38-21-47-28/h3-16,21,40H,17-20H2,1-2H3,(H,39,42). The lowest BCUT2D eigenvalue weighted by atomic mass is 10.1. The van der Waals surface area contributed by atoms with Crippen LogP contribution < -0.4 is 24.4 Å². The fourth-order valence-electron chi connectivity index (χ4n) is 4.74. The number of carbonyl (C=O) groups excluding carboxylic acids is 1. The van der Waals surface area contributed by atoms with Crippen LogP contribution in [0.4, 0.5) is 20.2 Å². The molecule has 0 unspecified atom stereocenters. The van der Waals surface area contributed by atoms with Crippen LogP contribution in [0.5, 0.6) is 17.2 Å². The van der Waals surface area contributed by atoms with E-state index in [1.54, 1.807) is 61.1 Å². The van der Waals surface area contributed by atoms with Crippen molar-refractivity contribution in [3.8, 4) is 17.2 Å². The highest BCUT2D eigenvalue weighted by Crippen LogP contribution is 2.33. The number of ether oxygens (including phenoxy) is 2. The summed E-state index contributed by atoms with van der Waals surface area (Å²) in [7, 11) is -3.54. The molecule has 1 amide bonds. The largest absolute Gasteiger partial charge is 0.482 e. The van der Waals surface area contributed by atoms with Crippen LogP contribution in [0.15, 0.2) is 90.6 Å². The Morgan fingerprint density at radius 3 is 2.48 bits per heavy atom. The molecule has 1 heterocycles. The van der Waals surface area contributed by atoms with E-state index in [1.165, 1.54) is 23.5 Å². The average molecular weight is 713 g/mol. The van der Waals surface area contributed by atoms with Crippen molar-refractivity contribution >= 4 is 50.2 Å². The number of hydrogen-bond donors (Lipinski definition) is 2. The third kappa shape index (κ3) is 9.66. The molecule has 4 aromatic carbocycles. The number of nitrogens with zero attached hydrogens (tertiary/aromatic N) is 2. The van der Waals surface area contributed by atoms with E-state index >= 15 is 0 Å². The van der Waals surface area contributed by atoms with Gasteiger partial charge in [0, 0.05) is 47.5 Å². The SMILES string of the molecule is Cc1c(NS(C)(=O)=O)cccc1N(Cc1ccc(Oc2ccc(Cl)c(OCC(=O)NCc3cncs3)c2)cc1)Cc1ccc(F)cc1F. The van der Waals surface area contributed by atoms with E-state index in [1.807, 2.05) is 23.1 Å². The van der Waals surface area contributed by atoms with Crippen LogP contribution >= 0.6 is 22.9 Å². The molecule has 5 rings (SSSR count). The maximum atomic E-state index is 14.7. The van der Waals surface area contributed by atoms with Crippen molar-refractivity contribution < 1.29 is 31.5 Å². The zero-order valence-corrected chi connectivity index (χ0v) is 28.3. The maximum Gasteiger partial charge on any atom is 0.258 e. The lowest BCUT2D eigenvalue weighted by Gasteiger charge is -2.28. The molecule has 9 nitrogen and oxygen atoms in total. The van der Waals surface area contributed by atoms with Crippen LogP contribution in [0.2, 0.25) is 5.02 Å². The van der Waals surface area contributed by atoms with E-state index in [0.717, 1.165) is 22.8 Å². The van der Waals surface area contributed by atoms with Crippen LogP contribution in [0.25, 0.3) is 0 Å². The number of anilines is 2. The summed E-state index contributed by atoms with van der Waals surface area (Å²) in [6, 6.07) is 20.7. The predicted octanol–water partition coefficient (Wildman–Crippen LogP) is 7.45. The molecule has 1 aromatic heterocycles. The molecule has 0 saturated heterocycles. The van der Waals surface area contributed by atoms with Crippen molar-refractivity contribution in [1.82, 2.24) is 10.3 Å². The Bertz CT molecular complexity index is 2000. The van der Waals surface area contributed by atoms with Gasteiger partial charge in [-0.1, -0.05) is 35.9 Å². The van der Waals surface area contributed by atoms with E-state index in [-0.39, 0.29) is 30.4 Å². The second-order valence-electron chi connectivity index (χ2n) is 10.8. The molecule has 0 spiro atoms. The second kappa shape index (κ2) is 15.5. The Labute approximate surface area is 286 Å². The Balaban J connectivity index is 1.29. The minimum absolute atomic E-state index is 0.0876. The minimum Gasteiger partial charge on any atom is -0.482 e. The van der Waals surface area contributed by atoms with Crippen molar-refractivity contribution in [3.63, 3.8) is 0 Å². The van der Waals surface area contributed by atoms with Gasteiger partial charge in [-0.25, -0.2) is 17.2 Å². The van der Waals surface area contributed by atoms with E-state index in [9.17, 15) is 22.0 Å². The summed E-state index contributed by atoms with van der Waals surface area (Å²) < 4.78 is 66.5. The van der Waals surface area contributed by atoms with E-state index in [0.29, 0.717) is 46.5 Å². The first-order valence-corrected chi connectivity index (χ1v) is 17.7. The summed E-state index contributed by atoms with van der Waals surface area (Å²) in [5.41, 5.74) is 4.51. The summed E-state index contributed by atoms with van der Waals surface area (Å²) in [6.07, 6.45) is 2.75. The molecule has 0 aliphatic rings. The molecule has 2 N–H and O–H groups in total. The fourth-order valence-corrected chi connectivity index (χ4v) is 6.07. The summed E-state index contributed by atoms with van der Waals surface area (Å²) >= 11 is 7.73. The van der Waals surface area contributed by atoms with Gasteiger partial charge in [0.05, 0.1) is 29.0 Å². The van der Waals surface area contributed by atoms with Crippen molar-refractivity contribution in [3.05, 3.63) is 129 Å². The number of thiazole rings is 1. The normalized spacial score (nSPS) is 11.2. The first kappa shape index (κ1) is 34.6. The minimum atomic E-state index is -3.54. The van der Waals surface area contributed by atoms with Gasteiger partial charge in [0.15, 0.2) is 6.61 Å². The van der Waals surface area contributed by atoms with E-state index in [4.69, 9.17) is 21.1 Å². The third-order valence-electron chi connectivity index (χ3n) is 7.05. The molecule has 48 heavy (non-hydrogen) atoms. The lowest BCUT2D eigenvalue weighted by molar-refractivity contribution is -0.123. The van der Waals surface area contributed by atoms with Gasteiger partial charge >= 0.3 is 0 Å². The van der Waals surface area contributed by atoms with Crippen LogP contribution in [0, 0.1) is 18.6 Å². The average Bonchev–Trinajstić information content (AvgIpc) is 3.56. The van der Waals surface area contributed by atoms with Crippen LogP contribution in [-0.2, 0) is 34.5 Å². The zero-order chi connectivity index (χ0) is 34.3. The van der Waals surface area contributed by atoms with Crippen LogP contribution in [-0.4, -0.2) is 32.2 Å². The summed E-state index contributed by atoms with van der Waals surface area (Å²) in [5, 5.41) is 3.08.